The number of oxazole rings is 1. The molecule has 2 aromatic rings. The molecule has 0 bridgehead atoms. The van der Waals surface area contributed by atoms with Gasteiger partial charge in [0.2, 0.25) is 0 Å². The van der Waals surface area contributed by atoms with Gasteiger partial charge in [0.1, 0.15) is 5.76 Å². The minimum atomic E-state index is 0.726. The van der Waals surface area contributed by atoms with Crippen LogP contribution in [0, 0.1) is 13.8 Å². The maximum Gasteiger partial charge on any atom is 0.191 e. The Labute approximate surface area is 130 Å². The fourth-order valence-electron chi connectivity index (χ4n) is 2.99. The number of hydrogen-bond acceptors (Lipinski definition) is 5. The fourth-order valence-corrected chi connectivity index (χ4v) is 4.04. The summed E-state index contributed by atoms with van der Waals surface area (Å²) in [6, 6.07) is 0. The van der Waals surface area contributed by atoms with Crippen LogP contribution in [0.1, 0.15) is 58.8 Å². The number of aromatic nitrogens is 2. The molecule has 0 atom stereocenters. The Hall–Kier alpha value is -1.20. The molecule has 0 unspecified atom stereocenters. The van der Waals surface area contributed by atoms with E-state index < -0.39 is 0 Å². The van der Waals surface area contributed by atoms with Crippen molar-refractivity contribution in [3.63, 3.8) is 0 Å². The van der Waals surface area contributed by atoms with Gasteiger partial charge in [-0.25, -0.2) is 9.97 Å². The second kappa shape index (κ2) is 6.71. The number of nitrogens with one attached hydrogen (secondary N) is 1. The third-order valence-electron chi connectivity index (χ3n) is 4.11. The highest BCUT2D eigenvalue weighted by atomic mass is 32.1. The lowest BCUT2D eigenvalue weighted by atomic mass is 10.1. The van der Waals surface area contributed by atoms with E-state index >= 15 is 0 Å². The summed E-state index contributed by atoms with van der Waals surface area (Å²) in [6.45, 7) is 5.70. The lowest BCUT2D eigenvalue weighted by molar-refractivity contribution is 0.492. The van der Waals surface area contributed by atoms with Crippen LogP contribution in [0.3, 0.4) is 0 Å². The summed E-state index contributed by atoms with van der Waals surface area (Å²) in [4.78, 5) is 10.3. The first-order chi connectivity index (χ1) is 10.2. The second-order valence-electron chi connectivity index (χ2n) is 5.81. The van der Waals surface area contributed by atoms with Crippen molar-refractivity contribution in [1.29, 1.82) is 0 Å². The van der Waals surface area contributed by atoms with E-state index in [2.05, 4.69) is 15.3 Å². The first-order valence-electron chi connectivity index (χ1n) is 7.80. The zero-order chi connectivity index (χ0) is 14.7. The molecule has 5 heteroatoms. The molecule has 1 aliphatic rings. The van der Waals surface area contributed by atoms with E-state index in [4.69, 9.17) is 4.42 Å². The maximum atomic E-state index is 5.44. The van der Waals surface area contributed by atoms with Crippen LogP contribution in [0.15, 0.2) is 10.6 Å². The summed E-state index contributed by atoms with van der Waals surface area (Å²) in [5, 5.41) is 4.82. The van der Waals surface area contributed by atoms with E-state index in [1.807, 2.05) is 31.4 Å². The van der Waals surface area contributed by atoms with Crippen LogP contribution in [0.5, 0.6) is 0 Å². The highest BCUT2D eigenvalue weighted by molar-refractivity contribution is 7.11. The third-order valence-corrected chi connectivity index (χ3v) is 5.27. The molecular weight excluding hydrogens is 282 g/mol. The Kier molecular flexibility index (Phi) is 4.70. The third kappa shape index (κ3) is 3.71. The predicted molar refractivity (Wildman–Crippen MR) is 84.7 cm³/mol. The molecule has 2 heterocycles. The van der Waals surface area contributed by atoms with Gasteiger partial charge in [0.25, 0.3) is 0 Å². The molecule has 0 spiro atoms. The van der Waals surface area contributed by atoms with E-state index in [0.717, 1.165) is 42.8 Å². The van der Waals surface area contributed by atoms with Gasteiger partial charge < -0.3 is 9.73 Å². The van der Waals surface area contributed by atoms with Gasteiger partial charge in [0, 0.05) is 43.4 Å². The molecule has 1 saturated carbocycles. The first-order valence-corrected chi connectivity index (χ1v) is 8.62. The minimum Gasteiger partial charge on any atom is -0.446 e. The largest absolute Gasteiger partial charge is 0.446 e. The highest BCUT2D eigenvalue weighted by Gasteiger charge is 2.19. The normalized spacial score (nSPS) is 15.9. The fraction of sp³-hybridized carbons (Fsp3) is 0.625. The predicted octanol–water partition coefficient (Wildman–Crippen LogP) is 3.74. The van der Waals surface area contributed by atoms with Crippen LogP contribution in [-0.2, 0) is 13.0 Å². The quantitative estimate of drug-likeness (QED) is 0.826. The van der Waals surface area contributed by atoms with Crippen LogP contribution in [-0.4, -0.2) is 16.5 Å². The summed E-state index contributed by atoms with van der Waals surface area (Å²) in [6.07, 6.45) is 8.34. The lowest BCUT2D eigenvalue weighted by Crippen LogP contribution is -2.16. The number of thiazole rings is 1. The number of nitrogens with zero attached hydrogens (tertiary/aromatic N) is 2. The van der Waals surface area contributed by atoms with Crippen molar-refractivity contribution in [2.24, 2.45) is 0 Å². The lowest BCUT2D eigenvalue weighted by Gasteiger charge is -2.03. The van der Waals surface area contributed by atoms with Gasteiger partial charge in [-0.1, -0.05) is 12.8 Å². The Bertz CT molecular complexity index is 584. The molecule has 0 saturated heterocycles. The molecule has 1 N–H and O–H groups in total. The average Bonchev–Trinajstić information content (AvgIpc) is 3.15. The van der Waals surface area contributed by atoms with Crippen LogP contribution in [0.25, 0.3) is 0 Å². The van der Waals surface area contributed by atoms with Crippen molar-refractivity contribution < 1.29 is 4.42 Å². The van der Waals surface area contributed by atoms with Gasteiger partial charge in [0.05, 0.1) is 10.7 Å². The van der Waals surface area contributed by atoms with E-state index in [1.54, 1.807) is 0 Å². The summed E-state index contributed by atoms with van der Waals surface area (Å²) in [7, 11) is 0. The van der Waals surface area contributed by atoms with Gasteiger partial charge in [-0.15, -0.1) is 11.3 Å². The van der Waals surface area contributed by atoms with Gasteiger partial charge in [-0.05, 0) is 19.8 Å². The van der Waals surface area contributed by atoms with Crippen LogP contribution < -0.4 is 5.32 Å². The molecule has 0 radical (unpaired) electrons. The molecule has 114 valence electrons. The zero-order valence-electron chi connectivity index (χ0n) is 12.8. The van der Waals surface area contributed by atoms with Crippen LogP contribution in [0.4, 0.5) is 0 Å². The van der Waals surface area contributed by atoms with E-state index in [0.29, 0.717) is 0 Å². The smallest absolute Gasteiger partial charge is 0.191 e. The highest BCUT2D eigenvalue weighted by Crippen LogP contribution is 2.35. The maximum absolute atomic E-state index is 5.44. The molecule has 0 aromatic carbocycles. The van der Waals surface area contributed by atoms with E-state index in [9.17, 15) is 0 Å². The molecule has 3 rings (SSSR count). The number of rotatable bonds is 6. The summed E-state index contributed by atoms with van der Waals surface area (Å²) in [5.74, 6) is 2.42. The van der Waals surface area contributed by atoms with Crippen LogP contribution in [0.2, 0.25) is 0 Å². The standard InChI is InChI=1S/C16H23N3OS/c1-11-15(19-12(2)20-11)7-8-17-9-14-10-18-16(21-14)13-5-3-4-6-13/h10,13,17H,3-9H2,1-2H3. The Morgan fingerprint density at radius 3 is 2.86 bits per heavy atom. The molecule has 0 aliphatic heterocycles. The Morgan fingerprint density at radius 1 is 1.33 bits per heavy atom. The molecule has 0 amide bonds. The van der Waals surface area contributed by atoms with Crippen molar-refractivity contribution in [3.8, 4) is 0 Å². The summed E-state index contributed by atoms with van der Waals surface area (Å²) < 4.78 is 5.44. The van der Waals surface area contributed by atoms with Crippen molar-refractivity contribution in [3.05, 3.63) is 33.4 Å². The number of aryl methyl sites for hydroxylation is 2. The monoisotopic (exact) mass is 305 g/mol. The Balaban J connectivity index is 1.44. The van der Waals surface area contributed by atoms with Crippen molar-refractivity contribution in [2.75, 3.05) is 6.54 Å². The van der Waals surface area contributed by atoms with Crippen molar-refractivity contribution in [2.45, 2.75) is 58.4 Å². The topological polar surface area (TPSA) is 51.0 Å². The molecule has 1 aliphatic carbocycles. The zero-order valence-corrected chi connectivity index (χ0v) is 13.6. The van der Waals surface area contributed by atoms with E-state index in [1.165, 1.54) is 35.6 Å². The van der Waals surface area contributed by atoms with Crippen molar-refractivity contribution >= 4 is 11.3 Å². The number of hydrogen-bond donors (Lipinski definition) is 1. The van der Waals surface area contributed by atoms with E-state index in [-0.39, 0.29) is 0 Å². The SMILES string of the molecule is Cc1nc(CCNCc2cnc(C3CCCC3)s2)c(C)o1. The second-order valence-corrected chi connectivity index (χ2v) is 6.96. The molecule has 1 fully saturated rings. The summed E-state index contributed by atoms with van der Waals surface area (Å²) in [5.41, 5.74) is 1.07. The molecule has 21 heavy (non-hydrogen) atoms. The van der Waals surface area contributed by atoms with Gasteiger partial charge in [0.15, 0.2) is 5.89 Å². The Morgan fingerprint density at radius 2 is 2.14 bits per heavy atom. The van der Waals surface area contributed by atoms with Crippen LogP contribution >= 0.6 is 11.3 Å². The first kappa shape index (κ1) is 14.7. The summed E-state index contributed by atoms with van der Waals surface area (Å²) >= 11 is 1.88. The van der Waals surface area contributed by atoms with Gasteiger partial charge in [-0.3, -0.25) is 0 Å². The molecule has 4 nitrogen and oxygen atoms in total. The van der Waals surface area contributed by atoms with Crippen molar-refractivity contribution in [1.82, 2.24) is 15.3 Å². The van der Waals surface area contributed by atoms with Gasteiger partial charge >= 0.3 is 0 Å². The molecule has 2 aromatic heterocycles. The average molecular weight is 305 g/mol. The molecular formula is C16H23N3OS. The van der Waals surface area contributed by atoms with Gasteiger partial charge in [-0.2, -0.15) is 0 Å². The minimum absolute atomic E-state index is 0.726.